The van der Waals surface area contributed by atoms with E-state index in [9.17, 15) is 9.90 Å². The first-order valence-electron chi connectivity index (χ1n) is 8.18. The molecule has 0 aromatic heterocycles. The first-order valence-corrected chi connectivity index (χ1v) is 8.18. The molecule has 3 N–H and O–H groups in total. The fraction of sp³-hybridized carbons (Fsp3) is 0.316. The van der Waals surface area contributed by atoms with Crippen LogP contribution in [0.25, 0.3) is 0 Å². The molecule has 132 valence electrons. The van der Waals surface area contributed by atoms with Gasteiger partial charge in [-0.1, -0.05) is 30.3 Å². The SMILES string of the molecule is O=C(OCc1ccccc1)c1ccc(NC2C[C@H](O)[C@@H](CO)O2)cc1. The molecule has 1 unspecified atom stereocenters. The normalized spacial score (nSPS) is 22.6. The molecule has 1 aliphatic heterocycles. The van der Waals surface area contributed by atoms with E-state index in [-0.39, 0.29) is 25.4 Å². The number of anilines is 1. The topological polar surface area (TPSA) is 88.0 Å². The summed E-state index contributed by atoms with van der Waals surface area (Å²) in [5, 5.41) is 21.9. The zero-order valence-electron chi connectivity index (χ0n) is 13.7. The van der Waals surface area contributed by atoms with E-state index in [2.05, 4.69) is 5.32 Å². The van der Waals surface area contributed by atoms with Gasteiger partial charge in [0.1, 0.15) is 18.9 Å². The first kappa shape index (κ1) is 17.4. The van der Waals surface area contributed by atoms with Crippen molar-refractivity contribution < 1.29 is 24.5 Å². The molecule has 0 saturated carbocycles. The molecule has 0 amide bonds. The predicted octanol–water partition coefficient (Wildman–Crippen LogP) is 1.92. The fourth-order valence-corrected chi connectivity index (χ4v) is 2.68. The lowest BCUT2D eigenvalue weighted by Gasteiger charge is -2.15. The largest absolute Gasteiger partial charge is 0.457 e. The number of carbonyl (C=O) groups is 1. The van der Waals surface area contributed by atoms with Gasteiger partial charge in [-0.15, -0.1) is 0 Å². The van der Waals surface area contributed by atoms with E-state index in [1.807, 2.05) is 30.3 Å². The molecule has 2 aromatic rings. The maximum Gasteiger partial charge on any atom is 0.338 e. The number of benzene rings is 2. The zero-order chi connectivity index (χ0) is 17.6. The van der Waals surface area contributed by atoms with Crippen LogP contribution in [0.1, 0.15) is 22.3 Å². The molecule has 6 heteroatoms. The van der Waals surface area contributed by atoms with E-state index in [1.165, 1.54) is 0 Å². The van der Waals surface area contributed by atoms with Gasteiger partial charge in [0, 0.05) is 12.1 Å². The number of esters is 1. The summed E-state index contributed by atoms with van der Waals surface area (Å²) in [5.41, 5.74) is 2.15. The van der Waals surface area contributed by atoms with Crippen molar-refractivity contribution in [3.63, 3.8) is 0 Å². The van der Waals surface area contributed by atoms with Crippen molar-refractivity contribution in [3.05, 3.63) is 65.7 Å². The van der Waals surface area contributed by atoms with Crippen LogP contribution in [-0.4, -0.2) is 41.2 Å². The number of nitrogens with one attached hydrogen (secondary N) is 1. The van der Waals surface area contributed by atoms with Crippen LogP contribution in [0.3, 0.4) is 0 Å². The van der Waals surface area contributed by atoms with Crippen molar-refractivity contribution in [1.82, 2.24) is 0 Å². The lowest BCUT2D eigenvalue weighted by atomic mass is 10.2. The van der Waals surface area contributed by atoms with Gasteiger partial charge in [-0.2, -0.15) is 0 Å². The Labute approximate surface area is 146 Å². The minimum Gasteiger partial charge on any atom is -0.457 e. The molecular weight excluding hydrogens is 322 g/mol. The van der Waals surface area contributed by atoms with Crippen LogP contribution in [-0.2, 0) is 16.1 Å². The van der Waals surface area contributed by atoms with Gasteiger partial charge in [-0.25, -0.2) is 4.79 Å². The molecule has 1 fully saturated rings. The number of aliphatic hydroxyl groups is 2. The summed E-state index contributed by atoms with van der Waals surface area (Å²) in [6.07, 6.45) is -1.23. The maximum atomic E-state index is 12.1. The van der Waals surface area contributed by atoms with Crippen molar-refractivity contribution in [1.29, 1.82) is 0 Å². The zero-order valence-corrected chi connectivity index (χ0v) is 13.7. The summed E-state index contributed by atoms with van der Waals surface area (Å²) in [7, 11) is 0. The maximum absolute atomic E-state index is 12.1. The Balaban J connectivity index is 1.52. The van der Waals surface area contributed by atoms with Gasteiger partial charge in [0.15, 0.2) is 0 Å². The summed E-state index contributed by atoms with van der Waals surface area (Å²) in [4.78, 5) is 12.1. The van der Waals surface area contributed by atoms with Gasteiger partial charge in [-0.05, 0) is 29.8 Å². The van der Waals surface area contributed by atoms with Gasteiger partial charge in [0.25, 0.3) is 0 Å². The van der Waals surface area contributed by atoms with E-state index < -0.39 is 12.2 Å². The molecule has 1 saturated heterocycles. The molecule has 3 rings (SSSR count). The van der Waals surface area contributed by atoms with Gasteiger partial charge >= 0.3 is 5.97 Å². The quantitative estimate of drug-likeness (QED) is 0.695. The smallest absolute Gasteiger partial charge is 0.338 e. The molecule has 0 aliphatic carbocycles. The molecule has 0 radical (unpaired) electrons. The molecule has 1 aliphatic rings. The van der Waals surface area contributed by atoms with Crippen molar-refractivity contribution in [2.24, 2.45) is 0 Å². The van der Waals surface area contributed by atoms with Crippen LogP contribution in [0.4, 0.5) is 5.69 Å². The summed E-state index contributed by atoms with van der Waals surface area (Å²) in [5.74, 6) is -0.386. The number of aliphatic hydroxyl groups excluding tert-OH is 2. The summed E-state index contributed by atoms with van der Waals surface area (Å²) < 4.78 is 10.8. The Morgan fingerprint density at radius 1 is 1.16 bits per heavy atom. The first-order chi connectivity index (χ1) is 12.2. The van der Waals surface area contributed by atoms with Crippen molar-refractivity contribution in [2.45, 2.75) is 31.5 Å². The van der Waals surface area contributed by atoms with E-state index in [4.69, 9.17) is 14.6 Å². The summed E-state index contributed by atoms with van der Waals surface area (Å²) in [6, 6.07) is 16.3. The van der Waals surface area contributed by atoms with Crippen molar-refractivity contribution >= 4 is 11.7 Å². The predicted molar refractivity (Wildman–Crippen MR) is 92.0 cm³/mol. The fourth-order valence-electron chi connectivity index (χ4n) is 2.68. The molecular formula is C19H21NO5. The number of rotatable bonds is 6. The van der Waals surface area contributed by atoms with Gasteiger partial charge in [0.05, 0.1) is 18.3 Å². The van der Waals surface area contributed by atoms with E-state index in [0.717, 1.165) is 11.3 Å². The second-order valence-electron chi connectivity index (χ2n) is 5.93. The number of hydrogen-bond acceptors (Lipinski definition) is 6. The molecule has 6 nitrogen and oxygen atoms in total. The minimum atomic E-state index is -0.685. The Morgan fingerprint density at radius 2 is 1.88 bits per heavy atom. The Bertz CT molecular complexity index is 689. The van der Waals surface area contributed by atoms with Gasteiger partial charge in [0.2, 0.25) is 0 Å². The summed E-state index contributed by atoms with van der Waals surface area (Å²) >= 11 is 0. The third-order valence-corrected chi connectivity index (χ3v) is 4.06. The van der Waals surface area contributed by atoms with Gasteiger partial charge in [-0.3, -0.25) is 0 Å². The molecule has 25 heavy (non-hydrogen) atoms. The highest BCUT2D eigenvalue weighted by Gasteiger charge is 2.33. The van der Waals surface area contributed by atoms with E-state index in [1.54, 1.807) is 24.3 Å². The molecule has 0 spiro atoms. The average molecular weight is 343 g/mol. The van der Waals surface area contributed by atoms with Crippen LogP contribution < -0.4 is 5.32 Å². The number of hydrogen-bond donors (Lipinski definition) is 3. The molecule has 2 aromatic carbocycles. The Morgan fingerprint density at radius 3 is 2.52 bits per heavy atom. The Kier molecular flexibility index (Phi) is 5.65. The molecule has 0 bridgehead atoms. The molecule has 1 heterocycles. The Hall–Kier alpha value is -2.41. The van der Waals surface area contributed by atoms with Crippen LogP contribution in [0.5, 0.6) is 0 Å². The molecule has 3 atom stereocenters. The standard InChI is InChI=1S/C19H21NO5/c21-11-17-16(22)10-18(25-17)20-15-8-6-14(7-9-15)19(23)24-12-13-4-2-1-3-5-13/h1-9,16-18,20-22H,10-12H2/t16-,17+,18?/m0/s1. The number of carbonyl (C=O) groups excluding carboxylic acids is 1. The second-order valence-corrected chi connectivity index (χ2v) is 5.93. The van der Waals surface area contributed by atoms with Crippen LogP contribution >= 0.6 is 0 Å². The third-order valence-electron chi connectivity index (χ3n) is 4.06. The van der Waals surface area contributed by atoms with E-state index >= 15 is 0 Å². The van der Waals surface area contributed by atoms with Crippen molar-refractivity contribution in [3.8, 4) is 0 Å². The monoisotopic (exact) mass is 343 g/mol. The average Bonchev–Trinajstić information content (AvgIpc) is 3.00. The highest BCUT2D eigenvalue weighted by Crippen LogP contribution is 2.22. The van der Waals surface area contributed by atoms with E-state index in [0.29, 0.717) is 12.0 Å². The van der Waals surface area contributed by atoms with Crippen LogP contribution in [0.2, 0.25) is 0 Å². The van der Waals surface area contributed by atoms with Crippen LogP contribution in [0.15, 0.2) is 54.6 Å². The number of ether oxygens (including phenoxy) is 2. The third kappa shape index (κ3) is 4.57. The second kappa shape index (κ2) is 8.11. The highest BCUT2D eigenvalue weighted by atomic mass is 16.5. The summed E-state index contributed by atoms with van der Waals surface area (Å²) in [6.45, 7) is 0.0154. The van der Waals surface area contributed by atoms with Crippen molar-refractivity contribution in [2.75, 3.05) is 11.9 Å². The lowest BCUT2D eigenvalue weighted by molar-refractivity contribution is -0.0149. The lowest BCUT2D eigenvalue weighted by Crippen LogP contribution is -2.25. The van der Waals surface area contributed by atoms with Crippen LogP contribution in [0, 0.1) is 0 Å². The minimum absolute atomic E-state index is 0.217. The van der Waals surface area contributed by atoms with Gasteiger partial charge < -0.3 is 25.0 Å². The highest BCUT2D eigenvalue weighted by molar-refractivity contribution is 5.89.